The number of halogens is 2. The summed E-state index contributed by atoms with van der Waals surface area (Å²) in [4.78, 5) is 9.76. The molecule has 4 nitrogen and oxygen atoms in total. The van der Waals surface area contributed by atoms with Crippen molar-refractivity contribution in [2.45, 2.75) is 32.2 Å². The van der Waals surface area contributed by atoms with Crippen molar-refractivity contribution in [2.24, 2.45) is 0 Å². The molecule has 118 valence electrons. The first-order valence-electron chi connectivity index (χ1n) is 6.88. The zero-order valence-corrected chi connectivity index (χ0v) is 12.8. The predicted molar refractivity (Wildman–Crippen MR) is 81.6 cm³/mol. The molecular formula is C14H20F2N2O2S. The Morgan fingerprint density at radius 2 is 1.90 bits per heavy atom. The van der Waals surface area contributed by atoms with Crippen LogP contribution in [0.25, 0.3) is 0 Å². The molecule has 1 N–H and O–H groups in total. The van der Waals surface area contributed by atoms with Gasteiger partial charge in [0, 0.05) is 24.2 Å². The summed E-state index contributed by atoms with van der Waals surface area (Å²) in [6.07, 6.45) is 6.51. The Morgan fingerprint density at radius 1 is 1.19 bits per heavy atom. The van der Waals surface area contributed by atoms with Crippen molar-refractivity contribution < 1.29 is 13.7 Å². The Bertz CT molecular complexity index is 473. The molecule has 0 atom stereocenters. The van der Waals surface area contributed by atoms with Gasteiger partial charge in [-0.3, -0.25) is 10.1 Å². The molecule has 0 aromatic heterocycles. The highest BCUT2D eigenvalue weighted by atomic mass is 32.2. The molecule has 1 aromatic rings. The van der Waals surface area contributed by atoms with Crippen LogP contribution < -0.4 is 5.32 Å². The lowest BCUT2D eigenvalue weighted by Gasteiger charge is -2.06. The van der Waals surface area contributed by atoms with Gasteiger partial charge in [-0.15, -0.1) is 0 Å². The second kappa shape index (κ2) is 9.68. The van der Waals surface area contributed by atoms with E-state index in [0.29, 0.717) is 12.6 Å². The van der Waals surface area contributed by atoms with Crippen LogP contribution in [0.1, 0.15) is 31.2 Å². The Balaban J connectivity index is 2.35. The minimum Gasteiger partial charge on any atom is -0.313 e. The third-order valence-corrected chi connectivity index (χ3v) is 3.78. The Hall–Kier alpha value is -1.21. The van der Waals surface area contributed by atoms with E-state index in [2.05, 4.69) is 11.6 Å². The summed E-state index contributed by atoms with van der Waals surface area (Å²) in [7, 11) is 0. The van der Waals surface area contributed by atoms with Gasteiger partial charge in [0.05, 0.1) is 4.92 Å². The standard InChI is InChI=1S/C14H20F2N2O2S/c1-21-7-5-3-2-4-6-17-10-11-8-14(18(19)20)13(16)9-12(11)15/h8-9,17H,2-7,10H2,1H3. The predicted octanol–water partition coefficient (Wildman–Crippen LogP) is 3.89. The van der Waals surface area contributed by atoms with Crippen molar-refractivity contribution in [3.05, 3.63) is 39.4 Å². The van der Waals surface area contributed by atoms with Crippen molar-refractivity contribution in [3.63, 3.8) is 0 Å². The van der Waals surface area contributed by atoms with Crippen molar-refractivity contribution in [3.8, 4) is 0 Å². The molecule has 0 aliphatic heterocycles. The summed E-state index contributed by atoms with van der Waals surface area (Å²) in [5.41, 5.74) is -0.573. The highest BCUT2D eigenvalue weighted by Gasteiger charge is 2.17. The molecule has 1 aromatic carbocycles. The molecule has 0 saturated heterocycles. The van der Waals surface area contributed by atoms with Gasteiger partial charge < -0.3 is 5.32 Å². The molecule has 1 rings (SSSR count). The molecule has 0 aliphatic rings. The van der Waals surface area contributed by atoms with Crippen LogP contribution in [0.3, 0.4) is 0 Å². The largest absolute Gasteiger partial charge is 0.313 e. The van der Waals surface area contributed by atoms with E-state index in [9.17, 15) is 18.9 Å². The molecule has 0 amide bonds. The number of thioether (sulfide) groups is 1. The lowest BCUT2D eigenvalue weighted by atomic mass is 10.1. The molecule has 7 heteroatoms. The maximum absolute atomic E-state index is 13.5. The topological polar surface area (TPSA) is 55.2 Å². The number of rotatable bonds is 10. The van der Waals surface area contributed by atoms with E-state index in [4.69, 9.17) is 0 Å². The zero-order valence-electron chi connectivity index (χ0n) is 12.0. The molecule has 0 bridgehead atoms. The molecular weight excluding hydrogens is 298 g/mol. The number of nitro benzene ring substituents is 1. The molecule has 0 radical (unpaired) electrons. The van der Waals surface area contributed by atoms with Crippen molar-refractivity contribution in [2.75, 3.05) is 18.6 Å². The first-order chi connectivity index (χ1) is 10.1. The van der Waals surface area contributed by atoms with Gasteiger partial charge >= 0.3 is 5.69 Å². The Morgan fingerprint density at radius 3 is 2.57 bits per heavy atom. The fraction of sp³-hybridized carbons (Fsp3) is 0.571. The third-order valence-electron chi connectivity index (χ3n) is 3.08. The van der Waals surface area contributed by atoms with Crippen LogP contribution in [-0.4, -0.2) is 23.5 Å². The van der Waals surface area contributed by atoms with E-state index in [1.165, 1.54) is 12.8 Å². The number of nitrogens with zero attached hydrogens (tertiary/aromatic N) is 1. The summed E-state index contributed by atoms with van der Waals surface area (Å²) < 4.78 is 26.7. The number of nitrogens with one attached hydrogen (secondary N) is 1. The van der Waals surface area contributed by atoms with Gasteiger partial charge in [-0.1, -0.05) is 12.8 Å². The van der Waals surface area contributed by atoms with E-state index in [0.717, 1.165) is 24.7 Å². The maximum atomic E-state index is 13.5. The molecule has 0 fully saturated rings. The highest BCUT2D eigenvalue weighted by molar-refractivity contribution is 7.98. The Kier molecular flexibility index (Phi) is 8.22. The average Bonchev–Trinajstić information content (AvgIpc) is 2.43. The van der Waals surface area contributed by atoms with E-state index < -0.39 is 22.2 Å². The summed E-state index contributed by atoms with van der Waals surface area (Å²) in [5, 5.41) is 13.6. The second-order valence-corrected chi connectivity index (χ2v) is 5.72. The van der Waals surface area contributed by atoms with Gasteiger partial charge in [0.2, 0.25) is 5.82 Å². The van der Waals surface area contributed by atoms with Gasteiger partial charge in [-0.2, -0.15) is 16.2 Å². The van der Waals surface area contributed by atoms with Crippen LogP contribution in [0, 0.1) is 21.7 Å². The molecule has 21 heavy (non-hydrogen) atoms. The van der Waals surface area contributed by atoms with E-state index in [-0.39, 0.29) is 12.1 Å². The lowest BCUT2D eigenvalue weighted by molar-refractivity contribution is -0.387. The summed E-state index contributed by atoms with van der Waals surface area (Å²) in [5.74, 6) is -0.738. The van der Waals surface area contributed by atoms with Gasteiger partial charge in [0.25, 0.3) is 0 Å². The molecule has 0 saturated carbocycles. The van der Waals surface area contributed by atoms with Crippen LogP contribution in [0.2, 0.25) is 0 Å². The number of hydrogen-bond donors (Lipinski definition) is 1. The van der Waals surface area contributed by atoms with Gasteiger partial charge in [-0.25, -0.2) is 4.39 Å². The molecule has 0 spiro atoms. The van der Waals surface area contributed by atoms with Crippen molar-refractivity contribution in [1.82, 2.24) is 5.32 Å². The van der Waals surface area contributed by atoms with Crippen molar-refractivity contribution >= 4 is 17.4 Å². The van der Waals surface area contributed by atoms with Crippen molar-refractivity contribution in [1.29, 1.82) is 0 Å². The smallest absolute Gasteiger partial charge is 0.305 e. The van der Waals surface area contributed by atoms with Gasteiger partial charge in [0.1, 0.15) is 5.82 Å². The normalized spacial score (nSPS) is 10.8. The van der Waals surface area contributed by atoms with Gasteiger partial charge in [0.15, 0.2) is 0 Å². The number of unbranched alkanes of at least 4 members (excludes halogenated alkanes) is 3. The van der Waals surface area contributed by atoms with Crippen LogP contribution in [0.5, 0.6) is 0 Å². The van der Waals surface area contributed by atoms with Crippen LogP contribution >= 0.6 is 11.8 Å². The summed E-state index contributed by atoms with van der Waals surface area (Å²) in [6.45, 7) is 0.877. The number of benzene rings is 1. The summed E-state index contributed by atoms with van der Waals surface area (Å²) >= 11 is 1.83. The van der Waals surface area contributed by atoms with Crippen LogP contribution in [-0.2, 0) is 6.54 Å². The molecule has 0 aliphatic carbocycles. The first kappa shape index (κ1) is 17.8. The number of nitro groups is 1. The SMILES string of the molecule is CSCCCCCCNCc1cc([N+](=O)[O-])c(F)cc1F. The van der Waals surface area contributed by atoms with E-state index >= 15 is 0 Å². The molecule has 0 unspecified atom stereocenters. The minimum atomic E-state index is -1.14. The molecule has 0 heterocycles. The fourth-order valence-electron chi connectivity index (χ4n) is 1.93. The Labute approximate surface area is 127 Å². The fourth-order valence-corrected chi connectivity index (χ4v) is 2.42. The van der Waals surface area contributed by atoms with Crippen LogP contribution in [0.15, 0.2) is 12.1 Å². The first-order valence-corrected chi connectivity index (χ1v) is 8.27. The monoisotopic (exact) mass is 318 g/mol. The third kappa shape index (κ3) is 6.39. The average molecular weight is 318 g/mol. The summed E-state index contributed by atoms with van der Waals surface area (Å²) in [6, 6.07) is 1.52. The zero-order chi connectivity index (χ0) is 15.7. The van der Waals surface area contributed by atoms with Gasteiger partial charge in [-0.05, 0) is 31.4 Å². The number of hydrogen-bond acceptors (Lipinski definition) is 4. The lowest BCUT2D eigenvalue weighted by Crippen LogP contribution is -2.16. The van der Waals surface area contributed by atoms with E-state index in [1.807, 2.05) is 11.8 Å². The van der Waals surface area contributed by atoms with Crippen LogP contribution in [0.4, 0.5) is 14.5 Å². The highest BCUT2D eigenvalue weighted by Crippen LogP contribution is 2.21. The van der Waals surface area contributed by atoms with E-state index in [1.54, 1.807) is 0 Å². The minimum absolute atomic E-state index is 0.116. The second-order valence-electron chi connectivity index (χ2n) is 4.74. The maximum Gasteiger partial charge on any atom is 0.305 e. The quantitative estimate of drug-likeness (QED) is 0.404.